The van der Waals surface area contributed by atoms with Crippen LogP contribution in [0.25, 0.3) is 0 Å². The predicted molar refractivity (Wildman–Crippen MR) is 77.6 cm³/mol. The molecule has 0 aromatic carbocycles. The molecule has 0 bridgehead atoms. The molecule has 2 aliphatic carbocycles. The normalized spacial score (nSPS) is 25.7. The molecule has 20 heavy (non-hydrogen) atoms. The second-order valence-corrected chi connectivity index (χ2v) is 6.43. The Morgan fingerprint density at radius 3 is 2.75 bits per heavy atom. The van der Waals surface area contributed by atoms with Crippen molar-refractivity contribution in [2.45, 2.75) is 52.2 Å². The molecule has 0 saturated heterocycles. The average molecular weight is 307 g/mol. The van der Waals surface area contributed by atoms with Gasteiger partial charge < -0.3 is 0 Å². The molecule has 2 nitrogen and oxygen atoms in total. The van der Waals surface area contributed by atoms with Gasteiger partial charge in [-0.15, -0.1) is 0 Å². The summed E-state index contributed by atoms with van der Waals surface area (Å²) in [7, 11) is 0. The second kappa shape index (κ2) is 6.93. The standard InChI is InChI=1S/C17H23O2.Ti/c1-4-5-12-18-17(19-16-8-6-7-9-16)11-10-14(2)13-15(17)3;/h6,8,10,13H,4-5,7,11-12H2,1-3H3;. The van der Waals surface area contributed by atoms with Crippen molar-refractivity contribution in [3.05, 3.63) is 45.1 Å². The first-order valence-electron chi connectivity index (χ1n) is 7.37. The van der Waals surface area contributed by atoms with Gasteiger partial charge in [-0.2, -0.15) is 0 Å². The summed E-state index contributed by atoms with van der Waals surface area (Å²) >= 11 is 2.12. The fraction of sp³-hybridized carbons (Fsp3) is 0.529. The third-order valence-corrected chi connectivity index (χ3v) is 4.44. The van der Waals surface area contributed by atoms with Crippen LogP contribution in [0.3, 0.4) is 0 Å². The first kappa shape index (κ1) is 15.8. The molecular formula is C17H23O2Ti. The minimum atomic E-state index is -0.611. The van der Waals surface area contributed by atoms with E-state index in [1.165, 1.54) is 9.45 Å². The Balaban J connectivity index is 2.19. The van der Waals surface area contributed by atoms with E-state index in [9.17, 15) is 0 Å². The molecule has 0 N–H and O–H groups in total. The molecule has 0 saturated carbocycles. The van der Waals surface area contributed by atoms with E-state index in [0.717, 1.165) is 43.6 Å². The van der Waals surface area contributed by atoms with E-state index in [4.69, 9.17) is 9.47 Å². The van der Waals surface area contributed by atoms with Crippen molar-refractivity contribution in [2.75, 3.05) is 6.61 Å². The maximum absolute atomic E-state index is 6.32. The van der Waals surface area contributed by atoms with Crippen molar-refractivity contribution in [2.24, 2.45) is 0 Å². The SMILES string of the molecule is CCCCOC1(OC2=[C]([Ti])CC=C2)CC=C(C)C=C1C. The van der Waals surface area contributed by atoms with E-state index < -0.39 is 5.79 Å². The molecule has 0 amide bonds. The first-order valence-corrected chi connectivity index (χ1v) is 8.15. The number of rotatable bonds is 6. The van der Waals surface area contributed by atoms with Crippen LogP contribution >= 0.6 is 0 Å². The van der Waals surface area contributed by atoms with E-state index in [1.54, 1.807) is 0 Å². The number of hydrogen-bond acceptors (Lipinski definition) is 2. The third-order valence-electron chi connectivity index (χ3n) is 3.73. The topological polar surface area (TPSA) is 18.5 Å². The van der Waals surface area contributed by atoms with Crippen LogP contribution in [0.4, 0.5) is 0 Å². The maximum atomic E-state index is 6.32. The summed E-state index contributed by atoms with van der Waals surface area (Å²) in [6.07, 6.45) is 12.6. The van der Waals surface area contributed by atoms with Gasteiger partial charge in [0.2, 0.25) is 0 Å². The van der Waals surface area contributed by atoms with Gasteiger partial charge in [-0.25, -0.2) is 0 Å². The van der Waals surface area contributed by atoms with Gasteiger partial charge in [-0.1, -0.05) is 0 Å². The fourth-order valence-corrected chi connectivity index (χ4v) is 2.82. The zero-order chi connectivity index (χ0) is 14.6. The Kier molecular flexibility index (Phi) is 5.48. The Morgan fingerprint density at radius 2 is 2.15 bits per heavy atom. The Labute approximate surface area is 134 Å². The zero-order valence-corrected chi connectivity index (χ0v) is 14.2. The Hall–Kier alpha value is -0.566. The molecule has 0 fully saturated rings. The molecule has 107 valence electrons. The summed E-state index contributed by atoms with van der Waals surface area (Å²) < 4.78 is 13.8. The molecule has 2 aliphatic rings. The van der Waals surface area contributed by atoms with Gasteiger partial charge >= 0.3 is 134 Å². The average Bonchev–Trinajstić information content (AvgIpc) is 2.80. The van der Waals surface area contributed by atoms with Crippen LogP contribution in [0.2, 0.25) is 0 Å². The van der Waals surface area contributed by atoms with Gasteiger partial charge in [-0.3, -0.25) is 0 Å². The van der Waals surface area contributed by atoms with Gasteiger partial charge in [0.15, 0.2) is 0 Å². The molecular weight excluding hydrogens is 284 g/mol. The van der Waals surface area contributed by atoms with E-state index in [1.807, 2.05) is 0 Å². The van der Waals surface area contributed by atoms with Crippen molar-refractivity contribution in [1.29, 1.82) is 0 Å². The second-order valence-electron chi connectivity index (χ2n) is 5.49. The van der Waals surface area contributed by atoms with E-state index in [2.05, 4.69) is 65.5 Å². The molecule has 2 rings (SSSR count). The van der Waals surface area contributed by atoms with Crippen LogP contribution in [-0.4, -0.2) is 12.4 Å². The molecule has 3 heteroatoms. The first-order chi connectivity index (χ1) is 9.57. The van der Waals surface area contributed by atoms with Gasteiger partial charge in [0.25, 0.3) is 0 Å². The van der Waals surface area contributed by atoms with Gasteiger partial charge in [-0.05, 0) is 0 Å². The van der Waals surface area contributed by atoms with Crippen LogP contribution in [0.5, 0.6) is 0 Å². The summed E-state index contributed by atoms with van der Waals surface area (Å²) in [5.74, 6) is 0.363. The molecule has 0 heterocycles. The van der Waals surface area contributed by atoms with Gasteiger partial charge in [0, 0.05) is 0 Å². The molecule has 1 unspecified atom stereocenters. The number of ether oxygens (including phenoxy) is 2. The van der Waals surface area contributed by atoms with E-state index >= 15 is 0 Å². The van der Waals surface area contributed by atoms with Crippen molar-refractivity contribution < 1.29 is 29.9 Å². The molecule has 0 spiro atoms. The Bertz CT molecular complexity index is 485. The summed E-state index contributed by atoms with van der Waals surface area (Å²) in [6, 6.07) is 0. The zero-order valence-electron chi connectivity index (χ0n) is 12.7. The predicted octanol–water partition coefficient (Wildman–Crippen LogP) is 4.53. The number of unbranched alkanes of at least 4 members (excludes halogenated alkanes) is 1. The van der Waals surface area contributed by atoms with Gasteiger partial charge in [0.05, 0.1) is 0 Å². The Morgan fingerprint density at radius 1 is 1.35 bits per heavy atom. The minimum absolute atomic E-state index is 0.611. The number of allylic oxidation sites excluding steroid dienone is 5. The quantitative estimate of drug-likeness (QED) is 0.408. The fourth-order valence-electron chi connectivity index (χ4n) is 2.43. The van der Waals surface area contributed by atoms with Crippen molar-refractivity contribution in [3.63, 3.8) is 0 Å². The van der Waals surface area contributed by atoms with E-state index in [0.29, 0.717) is 0 Å². The molecule has 0 aromatic rings. The summed E-state index contributed by atoms with van der Waals surface area (Å²) in [6.45, 7) is 7.15. The van der Waals surface area contributed by atoms with E-state index in [-0.39, 0.29) is 0 Å². The monoisotopic (exact) mass is 307 g/mol. The molecule has 0 aliphatic heterocycles. The summed E-state index contributed by atoms with van der Waals surface area (Å²) in [5.41, 5.74) is 2.45. The third kappa shape index (κ3) is 3.55. The van der Waals surface area contributed by atoms with Crippen LogP contribution in [0, 0.1) is 0 Å². The number of hydrogen-bond donors (Lipinski definition) is 0. The summed E-state index contributed by atoms with van der Waals surface area (Å²) in [4.78, 5) is 0. The van der Waals surface area contributed by atoms with Crippen LogP contribution in [0.15, 0.2) is 45.1 Å². The van der Waals surface area contributed by atoms with Crippen molar-refractivity contribution in [1.82, 2.24) is 0 Å². The summed E-state index contributed by atoms with van der Waals surface area (Å²) in [5, 5.41) is 0. The van der Waals surface area contributed by atoms with Crippen LogP contribution < -0.4 is 0 Å². The molecule has 0 aromatic heterocycles. The van der Waals surface area contributed by atoms with Crippen LogP contribution in [-0.2, 0) is 29.9 Å². The van der Waals surface area contributed by atoms with Crippen molar-refractivity contribution >= 4 is 0 Å². The van der Waals surface area contributed by atoms with Crippen molar-refractivity contribution in [3.8, 4) is 0 Å². The molecule has 1 atom stereocenters. The van der Waals surface area contributed by atoms with Crippen LogP contribution in [0.1, 0.15) is 46.5 Å². The van der Waals surface area contributed by atoms with Gasteiger partial charge in [0.1, 0.15) is 0 Å². The molecule has 0 radical (unpaired) electrons.